The summed E-state index contributed by atoms with van der Waals surface area (Å²) in [4.78, 5) is 6.57. The molecule has 1 aliphatic rings. The number of rotatable bonds is 7. The molecule has 0 atom stereocenters. The van der Waals surface area contributed by atoms with Crippen LogP contribution in [0.2, 0.25) is 0 Å². The molecule has 0 unspecified atom stereocenters. The van der Waals surface area contributed by atoms with Crippen molar-refractivity contribution < 1.29 is 18.6 Å². The molecular formula is C24H24FN5O3. The van der Waals surface area contributed by atoms with Crippen molar-refractivity contribution >= 4 is 16.9 Å². The molecule has 2 aromatic heterocycles. The van der Waals surface area contributed by atoms with E-state index in [0.29, 0.717) is 48.2 Å². The highest BCUT2D eigenvalue weighted by Gasteiger charge is 2.25. The second kappa shape index (κ2) is 8.67. The molecule has 0 amide bonds. The first-order valence-corrected chi connectivity index (χ1v) is 10.7. The number of hydrogen-bond acceptors (Lipinski definition) is 7. The lowest BCUT2D eigenvalue weighted by Gasteiger charge is -2.17. The number of anilines is 1. The topological polar surface area (TPSA) is 74.5 Å². The molecule has 0 bridgehead atoms. The van der Waals surface area contributed by atoms with Crippen LogP contribution in [0.1, 0.15) is 6.92 Å². The number of ether oxygens (including phenoxy) is 3. The van der Waals surface area contributed by atoms with Gasteiger partial charge in [0, 0.05) is 43.0 Å². The van der Waals surface area contributed by atoms with Gasteiger partial charge in [-0.1, -0.05) is 6.07 Å². The number of fused-ring (bicyclic) bond motifs is 2. The van der Waals surface area contributed by atoms with E-state index in [4.69, 9.17) is 14.2 Å². The predicted octanol–water partition coefficient (Wildman–Crippen LogP) is 4.13. The first-order chi connectivity index (χ1) is 16.1. The Hall–Kier alpha value is -3.72. The third-order valence-electron chi connectivity index (χ3n) is 5.88. The van der Waals surface area contributed by atoms with E-state index in [9.17, 15) is 0 Å². The van der Waals surface area contributed by atoms with Gasteiger partial charge < -0.3 is 23.7 Å². The molecule has 9 heteroatoms. The molecule has 33 heavy (non-hydrogen) atoms. The summed E-state index contributed by atoms with van der Waals surface area (Å²) in [6.07, 6.45) is 3.40. The molecule has 0 saturated heterocycles. The minimum Gasteiger partial charge on any atom is -0.496 e. The van der Waals surface area contributed by atoms with Crippen molar-refractivity contribution in [3.63, 3.8) is 0 Å². The average molecular weight is 449 g/mol. The van der Waals surface area contributed by atoms with Gasteiger partial charge in [-0.15, -0.1) is 5.10 Å². The third kappa shape index (κ3) is 3.64. The van der Waals surface area contributed by atoms with Crippen molar-refractivity contribution in [3.8, 4) is 33.8 Å². The van der Waals surface area contributed by atoms with Crippen molar-refractivity contribution in [2.45, 2.75) is 13.5 Å². The maximum absolute atomic E-state index is 15.1. The van der Waals surface area contributed by atoms with E-state index in [1.807, 2.05) is 23.6 Å². The Morgan fingerprint density at radius 2 is 2.00 bits per heavy atom. The zero-order valence-electron chi connectivity index (χ0n) is 18.7. The number of benzene rings is 2. The van der Waals surface area contributed by atoms with Gasteiger partial charge in [0.15, 0.2) is 12.4 Å². The van der Waals surface area contributed by atoms with E-state index in [0.717, 1.165) is 28.9 Å². The minimum absolute atomic E-state index is 0.358. The minimum atomic E-state index is -0.358. The molecule has 5 rings (SSSR count). The monoisotopic (exact) mass is 449 g/mol. The molecule has 0 aliphatic carbocycles. The van der Waals surface area contributed by atoms with E-state index in [1.165, 1.54) is 6.07 Å². The van der Waals surface area contributed by atoms with Gasteiger partial charge in [-0.25, -0.2) is 9.37 Å². The van der Waals surface area contributed by atoms with Crippen LogP contribution in [0.15, 0.2) is 42.9 Å². The van der Waals surface area contributed by atoms with Crippen LogP contribution in [0.3, 0.4) is 0 Å². The van der Waals surface area contributed by atoms with Crippen molar-refractivity contribution in [2.24, 2.45) is 0 Å². The molecule has 0 radical (unpaired) electrons. The lowest BCUT2D eigenvalue weighted by Crippen LogP contribution is -2.26. The lowest BCUT2D eigenvalue weighted by atomic mass is 9.97. The van der Waals surface area contributed by atoms with Gasteiger partial charge in [0.1, 0.15) is 22.8 Å². The molecule has 1 aliphatic heterocycles. The quantitative estimate of drug-likeness (QED) is 0.420. The number of aryl methyl sites for hydroxylation is 1. The van der Waals surface area contributed by atoms with Crippen LogP contribution in [0.4, 0.5) is 10.1 Å². The Morgan fingerprint density at radius 3 is 2.79 bits per heavy atom. The van der Waals surface area contributed by atoms with Crippen LogP contribution >= 0.6 is 0 Å². The number of hydrogen-bond donors (Lipinski definition) is 0. The summed E-state index contributed by atoms with van der Waals surface area (Å²) in [6.45, 7) is 4.42. The summed E-state index contributed by atoms with van der Waals surface area (Å²) >= 11 is 0. The highest BCUT2D eigenvalue weighted by Crippen LogP contribution is 2.44. The van der Waals surface area contributed by atoms with E-state index in [2.05, 4.69) is 20.1 Å². The van der Waals surface area contributed by atoms with E-state index >= 15 is 4.39 Å². The van der Waals surface area contributed by atoms with Gasteiger partial charge in [-0.2, -0.15) is 5.10 Å². The Labute approximate surface area is 190 Å². The van der Waals surface area contributed by atoms with Gasteiger partial charge in [-0.3, -0.25) is 0 Å². The Kier molecular flexibility index (Phi) is 5.55. The Bertz CT molecular complexity index is 1320. The molecule has 4 aromatic rings. The average Bonchev–Trinajstić information content (AvgIpc) is 3.45. The summed E-state index contributed by atoms with van der Waals surface area (Å²) in [5.74, 6) is 0.885. The number of methoxy groups -OCH3 is 2. The first kappa shape index (κ1) is 21.1. The number of nitrogens with zero attached hydrogens (tertiary/aromatic N) is 5. The summed E-state index contributed by atoms with van der Waals surface area (Å²) in [5, 5.41) is 8.36. The highest BCUT2D eigenvalue weighted by atomic mass is 19.1. The van der Waals surface area contributed by atoms with Crippen LogP contribution in [0.5, 0.6) is 11.5 Å². The van der Waals surface area contributed by atoms with Crippen LogP contribution in [0.25, 0.3) is 33.4 Å². The second-order valence-corrected chi connectivity index (χ2v) is 7.71. The second-order valence-electron chi connectivity index (χ2n) is 7.71. The van der Waals surface area contributed by atoms with Gasteiger partial charge in [0.25, 0.3) is 0 Å². The fourth-order valence-corrected chi connectivity index (χ4v) is 4.11. The van der Waals surface area contributed by atoms with Crippen molar-refractivity contribution in [2.75, 3.05) is 39.0 Å². The normalized spacial score (nSPS) is 12.8. The fraction of sp³-hybridized carbons (Fsp3) is 0.292. The van der Waals surface area contributed by atoms with E-state index < -0.39 is 0 Å². The zero-order chi connectivity index (χ0) is 22.9. The predicted molar refractivity (Wildman–Crippen MR) is 123 cm³/mol. The summed E-state index contributed by atoms with van der Waals surface area (Å²) in [6, 6.07) is 8.68. The van der Waals surface area contributed by atoms with Gasteiger partial charge in [0.05, 0.1) is 31.9 Å². The van der Waals surface area contributed by atoms with Crippen molar-refractivity contribution in [1.29, 1.82) is 0 Å². The highest BCUT2D eigenvalue weighted by molar-refractivity contribution is 5.91. The van der Waals surface area contributed by atoms with Crippen LogP contribution in [0, 0.1) is 5.82 Å². The molecular weight excluding hydrogens is 425 g/mol. The molecule has 0 saturated carbocycles. The molecule has 0 spiro atoms. The van der Waals surface area contributed by atoms with Crippen molar-refractivity contribution in [3.05, 3.63) is 48.7 Å². The van der Waals surface area contributed by atoms with Crippen molar-refractivity contribution in [1.82, 2.24) is 19.7 Å². The largest absolute Gasteiger partial charge is 0.496 e. The fourth-order valence-electron chi connectivity index (χ4n) is 4.11. The molecule has 8 nitrogen and oxygen atoms in total. The standard InChI is InChI=1S/C24H24FN5O3/c1-4-29-13-26-23-18(12-27-28-24(23)29)15-5-6-19(25)16(9-15)17-10-22-20(11-21(17)32-3)30(14-33-22)7-8-31-2/h5-6,9-13H,4,7-8,14H2,1-3H3. The molecule has 2 aromatic carbocycles. The van der Waals surface area contributed by atoms with Gasteiger partial charge in [0.2, 0.25) is 0 Å². The molecule has 0 N–H and O–H groups in total. The van der Waals surface area contributed by atoms with Crippen LogP contribution in [-0.4, -0.2) is 53.9 Å². The lowest BCUT2D eigenvalue weighted by molar-refractivity contribution is 0.201. The number of halogens is 1. The van der Waals surface area contributed by atoms with Gasteiger partial charge >= 0.3 is 0 Å². The molecule has 170 valence electrons. The summed E-state index contributed by atoms with van der Waals surface area (Å²) < 4.78 is 33.7. The SMILES string of the molecule is CCn1cnc2c(-c3ccc(F)c(-c4cc5c(cc4OC)N(CCOC)CO5)c3)cnnc21. The summed E-state index contributed by atoms with van der Waals surface area (Å²) in [5.41, 5.74) is 4.92. The number of aromatic nitrogens is 4. The summed E-state index contributed by atoms with van der Waals surface area (Å²) in [7, 11) is 3.24. The maximum Gasteiger partial charge on any atom is 0.183 e. The maximum atomic E-state index is 15.1. The van der Waals surface area contributed by atoms with Crippen LogP contribution < -0.4 is 14.4 Å². The zero-order valence-corrected chi connectivity index (χ0v) is 18.7. The third-order valence-corrected chi connectivity index (χ3v) is 5.88. The first-order valence-electron chi connectivity index (χ1n) is 10.7. The molecule has 0 fully saturated rings. The van der Waals surface area contributed by atoms with Gasteiger partial charge in [-0.05, 0) is 30.7 Å². The number of imidazole rings is 1. The van der Waals surface area contributed by atoms with E-state index in [1.54, 1.807) is 38.9 Å². The molecule has 3 heterocycles. The van der Waals surface area contributed by atoms with Crippen LogP contribution in [-0.2, 0) is 11.3 Å². The Morgan fingerprint density at radius 1 is 1.12 bits per heavy atom. The smallest absolute Gasteiger partial charge is 0.183 e. The van der Waals surface area contributed by atoms with E-state index in [-0.39, 0.29) is 5.82 Å². The Balaban J connectivity index is 1.61.